The van der Waals surface area contributed by atoms with Gasteiger partial charge in [-0.1, -0.05) is 12.2 Å². The molecule has 1 saturated heterocycles. The molecule has 0 saturated carbocycles. The number of nitrogens with zero attached hydrogens (tertiary/aromatic N) is 3. The molecule has 12 heteroatoms. The maximum Gasteiger partial charge on any atom is 0.241 e. The third kappa shape index (κ3) is 4.35. The van der Waals surface area contributed by atoms with Crippen LogP contribution in [0.25, 0.3) is 0 Å². The maximum absolute atomic E-state index is 14.4. The molecule has 0 radical (unpaired) electrons. The van der Waals surface area contributed by atoms with Crippen molar-refractivity contribution in [1.82, 2.24) is 15.3 Å². The zero-order valence-electron chi connectivity index (χ0n) is 16.4. The molecule has 3 rings (SSSR count). The second-order valence-corrected chi connectivity index (χ2v) is 9.04. The molecule has 1 aliphatic heterocycles. The molecule has 0 atom stereocenters. The summed E-state index contributed by atoms with van der Waals surface area (Å²) in [6, 6.07) is 1.85. The second kappa shape index (κ2) is 8.74. The zero-order chi connectivity index (χ0) is 22.1. The molecular weight excluding hydrogens is 436 g/mol. The highest BCUT2D eigenvalue weighted by atomic mass is 32.2. The van der Waals surface area contributed by atoms with Gasteiger partial charge in [-0.3, -0.25) is 0 Å². The fourth-order valence-corrected chi connectivity index (χ4v) is 4.82. The molecule has 1 fully saturated rings. The summed E-state index contributed by atoms with van der Waals surface area (Å²) in [4.78, 5) is 8.09. The van der Waals surface area contributed by atoms with E-state index in [4.69, 9.17) is 22.7 Å². The van der Waals surface area contributed by atoms with Crippen molar-refractivity contribution in [2.24, 2.45) is 0 Å². The van der Waals surface area contributed by atoms with Crippen molar-refractivity contribution < 1.29 is 21.9 Å². The van der Waals surface area contributed by atoms with Gasteiger partial charge in [-0.2, -0.15) is 4.98 Å². The van der Waals surface area contributed by atoms with E-state index in [-0.39, 0.29) is 39.5 Å². The molecule has 8 nitrogen and oxygen atoms in total. The molecule has 30 heavy (non-hydrogen) atoms. The third-order valence-corrected chi connectivity index (χ3v) is 6.35. The van der Waals surface area contributed by atoms with Crippen molar-refractivity contribution in [2.75, 3.05) is 36.5 Å². The van der Waals surface area contributed by atoms with Crippen LogP contribution in [-0.2, 0) is 10.0 Å². The van der Waals surface area contributed by atoms with Crippen LogP contribution in [0.4, 0.5) is 20.5 Å². The van der Waals surface area contributed by atoms with Crippen molar-refractivity contribution in [3.8, 4) is 5.75 Å². The third-order valence-electron chi connectivity index (χ3n) is 4.75. The molecule has 2 aromatic rings. The van der Waals surface area contributed by atoms with E-state index in [2.05, 4.69) is 15.3 Å². The van der Waals surface area contributed by atoms with Crippen molar-refractivity contribution >= 4 is 38.9 Å². The summed E-state index contributed by atoms with van der Waals surface area (Å²) in [6.07, 6.45) is 3.45. The number of methoxy groups -OCH3 is 1. The van der Waals surface area contributed by atoms with Crippen molar-refractivity contribution in [1.29, 1.82) is 0 Å². The topological polar surface area (TPSA) is 110 Å². The number of halogens is 2. The maximum atomic E-state index is 14.4. The monoisotopic (exact) mass is 457 g/mol. The van der Waals surface area contributed by atoms with Gasteiger partial charge in [0.1, 0.15) is 11.6 Å². The first kappa shape index (κ1) is 22.2. The molecule has 0 aliphatic carbocycles. The van der Waals surface area contributed by atoms with Crippen LogP contribution in [0, 0.1) is 11.6 Å². The number of anilines is 2. The van der Waals surface area contributed by atoms with Crippen LogP contribution in [0.1, 0.15) is 24.0 Å². The van der Waals surface area contributed by atoms with Crippen LogP contribution in [0.2, 0.25) is 0 Å². The summed E-state index contributed by atoms with van der Waals surface area (Å²) in [5.41, 5.74) is 5.80. The average molecular weight is 458 g/mol. The lowest BCUT2D eigenvalue weighted by atomic mass is 10.0. The lowest BCUT2D eigenvalue weighted by Crippen LogP contribution is -2.46. The molecule has 0 bridgehead atoms. The highest BCUT2D eigenvalue weighted by molar-refractivity contribution is 7.92. The van der Waals surface area contributed by atoms with Gasteiger partial charge in [-0.15, -0.1) is 0 Å². The van der Waals surface area contributed by atoms with Gasteiger partial charge in [-0.05, 0) is 38.1 Å². The minimum atomic E-state index is -3.68. The van der Waals surface area contributed by atoms with Gasteiger partial charge in [0.25, 0.3) is 0 Å². The Labute approximate surface area is 178 Å². The zero-order valence-corrected chi connectivity index (χ0v) is 18.0. The molecule has 2 heterocycles. The lowest BCUT2D eigenvalue weighted by Gasteiger charge is -2.32. The van der Waals surface area contributed by atoms with Crippen LogP contribution in [-0.4, -0.2) is 55.7 Å². The number of piperidine rings is 1. The standard InChI is InChI=1S/C18H21F2N5O3S2/c1-28-13-4-3-12(19)15(20)14(13)16(29)11-9-23-18(24-17(11)21)25(30(2,26)27)10-5-7-22-8-6-10/h3-4,9-10,22H,5-8H2,1-2H3,(H2,21,23,24). The first-order valence-electron chi connectivity index (χ1n) is 9.04. The Kier molecular flexibility index (Phi) is 6.48. The SMILES string of the molecule is COc1ccc(F)c(F)c1C(=S)c1cnc(N(C2CCNCC2)S(C)(=O)=O)nc1N. The van der Waals surface area contributed by atoms with Gasteiger partial charge < -0.3 is 15.8 Å². The molecule has 1 aliphatic rings. The molecule has 3 N–H and O–H groups in total. The molecular formula is C18H21F2N5O3S2. The lowest BCUT2D eigenvalue weighted by molar-refractivity contribution is 0.405. The fraction of sp³-hybridized carbons (Fsp3) is 0.389. The van der Waals surface area contributed by atoms with E-state index in [9.17, 15) is 17.2 Å². The summed E-state index contributed by atoms with van der Waals surface area (Å²) in [6.45, 7) is 1.32. The molecule has 0 unspecified atom stereocenters. The highest BCUT2D eigenvalue weighted by Gasteiger charge is 2.31. The Balaban J connectivity index is 2.03. The Morgan fingerprint density at radius 1 is 1.33 bits per heavy atom. The molecule has 1 aromatic heterocycles. The predicted molar refractivity (Wildman–Crippen MR) is 113 cm³/mol. The van der Waals surface area contributed by atoms with E-state index in [1.165, 1.54) is 19.4 Å². The molecule has 1 aromatic carbocycles. The van der Waals surface area contributed by atoms with Gasteiger partial charge in [0.15, 0.2) is 11.6 Å². The Morgan fingerprint density at radius 3 is 2.57 bits per heavy atom. The van der Waals surface area contributed by atoms with Crippen LogP contribution in [0.3, 0.4) is 0 Å². The number of aromatic nitrogens is 2. The quantitative estimate of drug-likeness (QED) is 0.498. The van der Waals surface area contributed by atoms with Gasteiger partial charge in [-0.25, -0.2) is 26.5 Å². The molecule has 0 amide bonds. The van der Waals surface area contributed by atoms with Gasteiger partial charge in [0.05, 0.1) is 35.4 Å². The smallest absolute Gasteiger partial charge is 0.241 e. The summed E-state index contributed by atoms with van der Waals surface area (Å²) in [7, 11) is -2.38. The van der Waals surface area contributed by atoms with E-state index in [0.717, 1.165) is 16.6 Å². The second-order valence-electron chi connectivity index (χ2n) is 6.78. The summed E-state index contributed by atoms with van der Waals surface area (Å²) in [5.74, 6) is -2.51. The van der Waals surface area contributed by atoms with Crippen LogP contribution >= 0.6 is 12.2 Å². The van der Waals surface area contributed by atoms with Crippen molar-refractivity contribution in [2.45, 2.75) is 18.9 Å². The number of ether oxygens (including phenoxy) is 1. The normalized spacial score (nSPS) is 15.1. The first-order chi connectivity index (χ1) is 14.1. The van der Waals surface area contributed by atoms with E-state index >= 15 is 0 Å². The first-order valence-corrected chi connectivity index (χ1v) is 11.3. The fourth-order valence-electron chi connectivity index (χ4n) is 3.34. The molecule has 0 spiro atoms. The number of thiocarbonyl (C=S) groups is 1. The largest absolute Gasteiger partial charge is 0.496 e. The van der Waals surface area contributed by atoms with Crippen molar-refractivity contribution in [3.05, 3.63) is 41.1 Å². The summed E-state index contributed by atoms with van der Waals surface area (Å²) in [5, 5.41) is 3.16. The van der Waals surface area contributed by atoms with Crippen LogP contribution in [0.5, 0.6) is 5.75 Å². The number of nitrogen functional groups attached to an aromatic ring is 1. The Hall–Kier alpha value is -2.44. The van der Waals surface area contributed by atoms with Gasteiger partial charge in [0, 0.05) is 6.20 Å². The van der Waals surface area contributed by atoms with E-state index in [1.807, 2.05) is 0 Å². The van der Waals surface area contributed by atoms with Gasteiger partial charge in [0.2, 0.25) is 16.0 Å². The number of nitrogens with one attached hydrogen (secondary N) is 1. The number of hydrogen-bond acceptors (Lipinski definition) is 8. The number of hydrogen-bond donors (Lipinski definition) is 2. The number of rotatable bonds is 6. The minimum Gasteiger partial charge on any atom is -0.496 e. The minimum absolute atomic E-state index is 0.0230. The number of sulfonamides is 1. The van der Waals surface area contributed by atoms with Crippen LogP contribution < -0.4 is 20.1 Å². The average Bonchev–Trinajstić information content (AvgIpc) is 2.69. The summed E-state index contributed by atoms with van der Waals surface area (Å²) < 4.78 is 59.2. The summed E-state index contributed by atoms with van der Waals surface area (Å²) >= 11 is 5.30. The number of nitrogens with two attached hydrogens (primary N) is 1. The Morgan fingerprint density at radius 2 is 2.00 bits per heavy atom. The van der Waals surface area contributed by atoms with Crippen molar-refractivity contribution in [3.63, 3.8) is 0 Å². The predicted octanol–water partition coefficient (Wildman–Crippen LogP) is 1.63. The highest BCUT2D eigenvalue weighted by Crippen LogP contribution is 2.29. The van der Waals surface area contributed by atoms with E-state index in [0.29, 0.717) is 25.9 Å². The molecule has 162 valence electrons. The van der Waals surface area contributed by atoms with Crippen LogP contribution in [0.15, 0.2) is 18.3 Å². The number of benzene rings is 1. The van der Waals surface area contributed by atoms with Gasteiger partial charge >= 0.3 is 0 Å². The Bertz CT molecular complexity index is 1080. The van der Waals surface area contributed by atoms with E-state index < -0.39 is 21.7 Å². The van der Waals surface area contributed by atoms with E-state index in [1.54, 1.807) is 0 Å².